The zero-order valence-corrected chi connectivity index (χ0v) is 18.6. The lowest BCUT2D eigenvalue weighted by Crippen LogP contribution is -2.24. The molecule has 0 aliphatic carbocycles. The summed E-state index contributed by atoms with van der Waals surface area (Å²) >= 11 is 6.33. The van der Waals surface area contributed by atoms with Crippen LogP contribution in [0.4, 0.5) is 0 Å². The van der Waals surface area contributed by atoms with E-state index in [0.29, 0.717) is 39.8 Å². The molecule has 3 aromatic heterocycles. The van der Waals surface area contributed by atoms with Gasteiger partial charge >= 0.3 is 5.69 Å². The number of nitrogens with one attached hydrogen (secondary N) is 2. The number of aromatic nitrogens is 4. The molecule has 33 heavy (non-hydrogen) atoms. The van der Waals surface area contributed by atoms with Crippen molar-refractivity contribution in [1.82, 2.24) is 19.5 Å². The van der Waals surface area contributed by atoms with E-state index in [0.717, 1.165) is 12.8 Å². The fourth-order valence-corrected chi connectivity index (χ4v) is 3.61. The van der Waals surface area contributed by atoms with Crippen molar-refractivity contribution >= 4 is 11.6 Å². The molecule has 0 fully saturated rings. The van der Waals surface area contributed by atoms with E-state index in [4.69, 9.17) is 16.3 Å². The highest BCUT2D eigenvalue weighted by atomic mass is 35.5. The number of hydrogen-bond donors (Lipinski definition) is 2. The maximum Gasteiger partial charge on any atom is 0.325 e. The maximum atomic E-state index is 13.5. The Morgan fingerprint density at radius 3 is 2.67 bits per heavy atom. The van der Waals surface area contributed by atoms with E-state index in [9.17, 15) is 14.4 Å². The summed E-state index contributed by atoms with van der Waals surface area (Å²) in [6, 6.07) is 10.1. The van der Waals surface area contributed by atoms with Crippen LogP contribution in [0, 0.1) is 0 Å². The zero-order chi connectivity index (χ0) is 23.4. The van der Waals surface area contributed by atoms with Gasteiger partial charge in [0.25, 0.3) is 11.1 Å². The van der Waals surface area contributed by atoms with Crippen molar-refractivity contribution in [3.05, 3.63) is 97.4 Å². The van der Waals surface area contributed by atoms with Crippen LogP contribution in [0.1, 0.15) is 19.8 Å². The molecule has 2 N–H and O–H groups in total. The molecule has 1 aromatic carbocycles. The molecule has 0 bridgehead atoms. The molecule has 0 radical (unpaired) electrons. The van der Waals surface area contributed by atoms with Crippen molar-refractivity contribution < 1.29 is 4.74 Å². The number of rotatable bonds is 7. The summed E-state index contributed by atoms with van der Waals surface area (Å²) in [5.74, 6) is 0.547. The lowest BCUT2D eigenvalue weighted by Gasteiger charge is -2.13. The predicted molar refractivity (Wildman–Crippen MR) is 127 cm³/mol. The Labute approximate surface area is 193 Å². The molecule has 0 atom stereocenters. The minimum absolute atomic E-state index is 0.204. The van der Waals surface area contributed by atoms with Crippen LogP contribution in [0.15, 0.2) is 75.6 Å². The molecule has 4 aromatic rings. The lowest BCUT2D eigenvalue weighted by atomic mass is 10.0. The second kappa shape index (κ2) is 9.70. The summed E-state index contributed by atoms with van der Waals surface area (Å²) < 4.78 is 7.20. The molecule has 0 unspecified atom stereocenters. The largest absolute Gasteiger partial charge is 0.494 e. The number of ether oxygens (including phenoxy) is 1. The SMILES string of the molecule is CCCCOc1cc(Cl)cc(-c2cc(-c3c[nH]c(=O)[nH]c3=O)cn(-c3cccnc3)c2=O)c1. The van der Waals surface area contributed by atoms with Crippen molar-refractivity contribution in [1.29, 1.82) is 0 Å². The van der Waals surface area contributed by atoms with Crippen LogP contribution in [-0.4, -0.2) is 26.1 Å². The van der Waals surface area contributed by atoms with Gasteiger partial charge in [-0.1, -0.05) is 24.9 Å². The molecule has 4 rings (SSSR count). The Morgan fingerprint density at radius 2 is 1.94 bits per heavy atom. The van der Waals surface area contributed by atoms with Crippen LogP contribution in [-0.2, 0) is 0 Å². The van der Waals surface area contributed by atoms with Gasteiger partial charge in [0.15, 0.2) is 0 Å². The van der Waals surface area contributed by atoms with E-state index in [2.05, 4.69) is 21.9 Å². The van der Waals surface area contributed by atoms with Gasteiger partial charge in [0.2, 0.25) is 0 Å². The first kappa shape index (κ1) is 22.3. The number of benzene rings is 1. The number of unbranched alkanes of at least 4 members (excludes halogenated alkanes) is 1. The quantitative estimate of drug-likeness (QED) is 0.404. The van der Waals surface area contributed by atoms with Crippen LogP contribution >= 0.6 is 11.6 Å². The highest BCUT2D eigenvalue weighted by Gasteiger charge is 2.15. The summed E-state index contributed by atoms with van der Waals surface area (Å²) in [5.41, 5.74) is 0.491. The molecule has 9 heteroatoms. The van der Waals surface area contributed by atoms with Gasteiger partial charge in [0.05, 0.1) is 24.1 Å². The fraction of sp³-hybridized carbons (Fsp3) is 0.167. The third-order valence-corrected chi connectivity index (χ3v) is 5.24. The van der Waals surface area contributed by atoms with Crippen LogP contribution in [0.25, 0.3) is 27.9 Å². The summed E-state index contributed by atoms with van der Waals surface area (Å²) in [5, 5.41) is 0.415. The van der Waals surface area contributed by atoms with Crippen molar-refractivity contribution in [2.45, 2.75) is 19.8 Å². The first-order valence-electron chi connectivity index (χ1n) is 10.4. The smallest absolute Gasteiger partial charge is 0.325 e. The highest BCUT2D eigenvalue weighted by Crippen LogP contribution is 2.29. The van der Waals surface area contributed by atoms with E-state index in [1.807, 2.05) is 0 Å². The molecule has 0 spiro atoms. The second-order valence-corrected chi connectivity index (χ2v) is 7.83. The van der Waals surface area contributed by atoms with Crippen LogP contribution in [0.2, 0.25) is 5.02 Å². The van der Waals surface area contributed by atoms with E-state index < -0.39 is 11.2 Å². The lowest BCUT2D eigenvalue weighted by molar-refractivity contribution is 0.309. The molecular formula is C24H21ClN4O4. The molecule has 0 aliphatic heterocycles. The summed E-state index contributed by atoms with van der Waals surface area (Å²) in [6.07, 6.45) is 7.87. The number of H-pyrrole nitrogens is 2. The van der Waals surface area contributed by atoms with Crippen molar-refractivity contribution in [2.24, 2.45) is 0 Å². The fourth-order valence-electron chi connectivity index (χ4n) is 3.38. The van der Waals surface area contributed by atoms with Crippen LogP contribution < -0.4 is 21.5 Å². The minimum Gasteiger partial charge on any atom is -0.494 e. The number of pyridine rings is 2. The van der Waals surface area contributed by atoms with Gasteiger partial charge < -0.3 is 9.72 Å². The zero-order valence-electron chi connectivity index (χ0n) is 17.8. The third-order valence-electron chi connectivity index (χ3n) is 5.02. The van der Waals surface area contributed by atoms with Crippen molar-refractivity contribution in [2.75, 3.05) is 6.61 Å². The minimum atomic E-state index is -0.617. The topological polar surface area (TPSA) is 110 Å². The van der Waals surface area contributed by atoms with Gasteiger partial charge in [-0.15, -0.1) is 0 Å². The van der Waals surface area contributed by atoms with E-state index in [-0.39, 0.29) is 11.1 Å². The molecule has 8 nitrogen and oxygen atoms in total. The highest BCUT2D eigenvalue weighted by molar-refractivity contribution is 6.31. The Kier molecular flexibility index (Phi) is 6.55. The van der Waals surface area contributed by atoms with Gasteiger partial charge in [0, 0.05) is 34.7 Å². The van der Waals surface area contributed by atoms with Gasteiger partial charge in [-0.3, -0.25) is 24.1 Å². The van der Waals surface area contributed by atoms with Gasteiger partial charge in [-0.05, 0) is 48.4 Å². The molecule has 0 saturated heterocycles. The van der Waals surface area contributed by atoms with Gasteiger partial charge in [0.1, 0.15) is 5.75 Å². The van der Waals surface area contributed by atoms with E-state index >= 15 is 0 Å². The molecule has 0 saturated carbocycles. The Balaban J connectivity index is 1.94. The second-order valence-electron chi connectivity index (χ2n) is 7.39. The van der Waals surface area contributed by atoms with E-state index in [1.165, 1.54) is 17.0 Å². The summed E-state index contributed by atoms with van der Waals surface area (Å²) in [4.78, 5) is 46.2. The van der Waals surface area contributed by atoms with Crippen LogP contribution in [0.3, 0.4) is 0 Å². The number of halogens is 1. The number of nitrogens with zero attached hydrogens (tertiary/aromatic N) is 2. The average Bonchev–Trinajstić information content (AvgIpc) is 2.80. The molecule has 0 amide bonds. The molecule has 168 valence electrons. The maximum absolute atomic E-state index is 13.5. The summed E-state index contributed by atoms with van der Waals surface area (Å²) in [6.45, 7) is 2.60. The van der Waals surface area contributed by atoms with E-state index in [1.54, 1.807) is 48.8 Å². The van der Waals surface area contributed by atoms with Gasteiger partial charge in [-0.2, -0.15) is 0 Å². The molecular weight excluding hydrogens is 444 g/mol. The normalized spacial score (nSPS) is 10.8. The van der Waals surface area contributed by atoms with Crippen molar-refractivity contribution in [3.8, 4) is 33.7 Å². The first-order chi connectivity index (χ1) is 16.0. The number of hydrogen-bond acceptors (Lipinski definition) is 5. The number of aromatic amines is 2. The molecule has 3 heterocycles. The average molecular weight is 465 g/mol. The monoisotopic (exact) mass is 464 g/mol. The van der Waals surface area contributed by atoms with Gasteiger partial charge in [-0.25, -0.2) is 4.79 Å². The van der Waals surface area contributed by atoms with Crippen LogP contribution in [0.5, 0.6) is 5.75 Å². The Hall–Kier alpha value is -3.91. The predicted octanol–water partition coefficient (Wildman–Crippen LogP) is 3.78. The summed E-state index contributed by atoms with van der Waals surface area (Å²) in [7, 11) is 0. The third kappa shape index (κ3) is 4.96. The Morgan fingerprint density at radius 1 is 1.09 bits per heavy atom. The Bertz CT molecular complexity index is 1460. The first-order valence-corrected chi connectivity index (χ1v) is 10.8. The standard InChI is InChI=1S/C24H21ClN4O4/c1-2-3-7-33-19-9-15(8-17(25)11-19)20-10-16(21-13-27-24(32)28-22(21)30)14-29(23(20)31)18-5-4-6-26-12-18/h4-6,8-14H,2-3,7H2,1H3,(H2,27,28,30,32). The molecule has 0 aliphatic rings. The van der Waals surface area contributed by atoms with Crippen molar-refractivity contribution in [3.63, 3.8) is 0 Å².